The first-order chi connectivity index (χ1) is 9.34. The summed E-state index contributed by atoms with van der Waals surface area (Å²) in [5.41, 5.74) is 5.87. The van der Waals surface area contributed by atoms with Crippen molar-refractivity contribution >= 4 is 41.7 Å². The van der Waals surface area contributed by atoms with Crippen LogP contribution in [0.3, 0.4) is 0 Å². The molecule has 2 rings (SSSR count). The normalized spacial score (nSPS) is 24.4. The molecule has 0 aromatic rings. The number of nitrogens with two attached hydrogens (primary N) is 1. The molecule has 1 atom stereocenters. The Balaban J connectivity index is 0.00000200. The lowest BCUT2D eigenvalue weighted by Gasteiger charge is -2.26. The maximum absolute atomic E-state index is 5.87. The van der Waals surface area contributed by atoms with Crippen LogP contribution in [0.4, 0.5) is 0 Å². The second-order valence-electron chi connectivity index (χ2n) is 5.10. The molecule has 3 N–H and O–H groups in total. The van der Waals surface area contributed by atoms with Crippen molar-refractivity contribution in [2.75, 3.05) is 51.7 Å². The first kappa shape index (κ1) is 18.3. The Kier molecular flexibility index (Phi) is 10.0. The van der Waals surface area contributed by atoms with Crippen molar-refractivity contribution < 1.29 is 4.74 Å². The number of hydrogen-bond acceptors (Lipinski definition) is 4. The molecule has 0 bridgehead atoms. The van der Waals surface area contributed by atoms with Gasteiger partial charge in [-0.25, -0.2) is 0 Å². The van der Waals surface area contributed by atoms with Crippen molar-refractivity contribution in [2.45, 2.75) is 24.5 Å². The zero-order valence-corrected chi connectivity index (χ0v) is 15.2. The highest BCUT2D eigenvalue weighted by Gasteiger charge is 2.14. The summed E-state index contributed by atoms with van der Waals surface area (Å²) in [7, 11) is 0. The zero-order chi connectivity index (χ0) is 13.3. The van der Waals surface area contributed by atoms with Crippen LogP contribution in [0.2, 0.25) is 0 Å². The van der Waals surface area contributed by atoms with E-state index in [2.05, 4.69) is 15.2 Å². The molecule has 5 nitrogen and oxygen atoms in total. The highest BCUT2D eigenvalue weighted by molar-refractivity contribution is 14.0. The molecule has 0 saturated carbocycles. The third-order valence-corrected chi connectivity index (χ3v) is 4.93. The number of hydrogen-bond donors (Lipinski definition) is 2. The highest BCUT2D eigenvalue weighted by atomic mass is 127. The van der Waals surface area contributed by atoms with Crippen LogP contribution in [-0.4, -0.2) is 67.8 Å². The molecule has 20 heavy (non-hydrogen) atoms. The van der Waals surface area contributed by atoms with E-state index in [1.807, 2.05) is 11.8 Å². The van der Waals surface area contributed by atoms with Crippen molar-refractivity contribution in [3.63, 3.8) is 0 Å². The molecule has 2 fully saturated rings. The maximum Gasteiger partial charge on any atom is 0.188 e. The smallest absolute Gasteiger partial charge is 0.188 e. The molecule has 2 aliphatic heterocycles. The second-order valence-corrected chi connectivity index (χ2v) is 6.50. The van der Waals surface area contributed by atoms with Gasteiger partial charge >= 0.3 is 0 Å². The van der Waals surface area contributed by atoms with Gasteiger partial charge in [-0.1, -0.05) is 0 Å². The Morgan fingerprint density at radius 2 is 2.20 bits per heavy atom. The first-order valence-electron chi connectivity index (χ1n) is 7.30. The molecule has 1 unspecified atom stereocenters. The molecule has 0 amide bonds. The predicted octanol–water partition coefficient (Wildman–Crippen LogP) is 1.13. The van der Waals surface area contributed by atoms with E-state index in [0.29, 0.717) is 11.2 Å². The van der Waals surface area contributed by atoms with Gasteiger partial charge in [-0.3, -0.25) is 9.89 Å². The van der Waals surface area contributed by atoms with E-state index in [1.165, 1.54) is 18.6 Å². The topological polar surface area (TPSA) is 62.9 Å². The lowest BCUT2D eigenvalue weighted by molar-refractivity contribution is 0.0376. The van der Waals surface area contributed by atoms with E-state index in [-0.39, 0.29) is 24.0 Å². The van der Waals surface area contributed by atoms with Crippen molar-refractivity contribution in [3.05, 3.63) is 0 Å². The van der Waals surface area contributed by atoms with Crippen molar-refractivity contribution in [2.24, 2.45) is 10.7 Å². The summed E-state index contributed by atoms with van der Waals surface area (Å²) in [6, 6.07) is 0. The van der Waals surface area contributed by atoms with Crippen LogP contribution in [0.1, 0.15) is 19.3 Å². The lowest BCUT2D eigenvalue weighted by Crippen LogP contribution is -2.39. The monoisotopic (exact) mass is 414 g/mol. The predicted molar refractivity (Wildman–Crippen MR) is 97.3 cm³/mol. The van der Waals surface area contributed by atoms with Gasteiger partial charge in [0.15, 0.2) is 5.96 Å². The SMILES string of the molecule is I.NC(=NCC1CCCS1)NCCCN1CCOCC1. The van der Waals surface area contributed by atoms with Crippen molar-refractivity contribution in [3.8, 4) is 0 Å². The first-order valence-corrected chi connectivity index (χ1v) is 8.35. The van der Waals surface area contributed by atoms with Crippen LogP contribution in [-0.2, 0) is 4.74 Å². The summed E-state index contributed by atoms with van der Waals surface area (Å²) in [5.74, 6) is 1.89. The van der Waals surface area contributed by atoms with E-state index in [4.69, 9.17) is 10.5 Å². The zero-order valence-electron chi connectivity index (χ0n) is 12.1. The largest absolute Gasteiger partial charge is 0.379 e. The van der Waals surface area contributed by atoms with Crippen molar-refractivity contribution in [1.82, 2.24) is 10.2 Å². The van der Waals surface area contributed by atoms with Gasteiger partial charge in [0.25, 0.3) is 0 Å². The Hall–Kier alpha value is 0.270. The number of thioether (sulfide) groups is 1. The van der Waals surface area contributed by atoms with Crippen LogP contribution in [0.5, 0.6) is 0 Å². The van der Waals surface area contributed by atoms with E-state index in [0.717, 1.165) is 52.4 Å². The Bertz CT molecular complexity index is 282. The van der Waals surface area contributed by atoms with Crippen LogP contribution < -0.4 is 11.1 Å². The van der Waals surface area contributed by atoms with Gasteiger partial charge in [0, 0.05) is 24.9 Å². The number of halogens is 1. The van der Waals surface area contributed by atoms with Gasteiger partial charge in [0.2, 0.25) is 0 Å². The number of ether oxygens (including phenoxy) is 1. The highest BCUT2D eigenvalue weighted by Crippen LogP contribution is 2.25. The fourth-order valence-corrected chi connectivity index (χ4v) is 3.57. The van der Waals surface area contributed by atoms with E-state index < -0.39 is 0 Å². The van der Waals surface area contributed by atoms with Gasteiger partial charge in [-0.15, -0.1) is 24.0 Å². The Morgan fingerprint density at radius 1 is 1.40 bits per heavy atom. The third kappa shape index (κ3) is 7.33. The molecule has 2 aliphatic rings. The minimum absolute atomic E-state index is 0. The van der Waals surface area contributed by atoms with Crippen molar-refractivity contribution in [1.29, 1.82) is 0 Å². The molecule has 7 heteroatoms. The summed E-state index contributed by atoms with van der Waals surface area (Å²) in [5, 5.41) is 3.90. The molecule has 118 valence electrons. The number of nitrogens with one attached hydrogen (secondary N) is 1. The number of nitrogens with zero attached hydrogens (tertiary/aromatic N) is 2. The summed E-state index contributed by atoms with van der Waals surface area (Å²) in [6.07, 6.45) is 3.73. The number of aliphatic imine (C=N–C) groups is 1. The van der Waals surface area contributed by atoms with Gasteiger partial charge in [-0.2, -0.15) is 11.8 Å². The number of morpholine rings is 1. The van der Waals surface area contributed by atoms with E-state index in [9.17, 15) is 0 Å². The van der Waals surface area contributed by atoms with Crippen LogP contribution in [0, 0.1) is 0 Å². The minimum Gasteiger partial charge on any atom is -0.379 e. The summed E-state index contributed by atoms with van der Waals surface area (Å²) >= 11 is 2.02. The molecule has 0 aliphatic carbocycles. The molecular formula is C13H27IN4OS. The summed E-state index contributed by atoms with van der Waals surface area (Å²) < 4.78 is 5.33. The quantitative estimate of drug-likeness (QED) is 0.295. The van der Waals surface area contributed by atoms with Crippen LogP contribution in [0.25, 0.3) is 0 Å². The standard InChI is InChI=1S/C13H26N4OS.HI/c14-13(16-11-12-3-1-10-19-12)15-4-2-5-17-6-8-18-9-7-17;/h12H,1-11H2,(H3,14,15,16);1H. The van der Waals surface area contributed by atoms with Gasteiger partial charge in [0.05, 0.1) is 19.8 Å². The van der Waals surface area contributed by atoms with Gasteiger partial charge < -0.3 is 15.8 Å². The molecule has 0 aromatic carbocycles. The van der Waals surface area contributed by atoms with E-state index in [1.54, 1.807) is 0 Å². The van der Waals surface area contributed by atoms with Crippen LogP contribution >= 0.6 is 35.7 Å². The van der Waals surface area contributed by atoms with E-state index >= 15 is 0 Å². The molecule has 2 saturated heterocycles. The summed E-state index contributed by atoms with van der Waals surface area (Å²) in [4.78, 5) is 6.86. The fraction of sp³-hybridized carbons (Fsp3) is 0.923. The lowest BCUT2D eigenvalue weighted by atomic mass is 10.2. The molecule has 0 aromatic heterocycles. The average Bonchev–Trinajstić information content (AvgIpc) is 2.96. The van der Waals surface area contributed by atoms with Gasteiger partial charge in [0.1, 0.15) is 0 Å². The molecule has 0 radical (unpaired) electrons. The summed E-state index contributed by atoms with van der Waals surface area (Å²) in [6.45, 7) is 6.75. The minimum atomic E-state index is 0. The molecule has 0 spiro atoms. The maximum atomic E-state index is 5.87. The number of guanidine groups is 1. The van der Waals surface area contributed by atoms with Gasteiger partial charge in [-0.05, 0) is 31.6 Å². The number of rotatable bonds is 6. The Morgan fingerprint density at radius 3 is 2.90 bits per heavy atom. The van der Waals surface area contributed by atoms with Crippen LogP contribution in [0.15, 0.2) is 4.99 Å². The molecular weight excluding hydrogens is 387 g/mol. The molecule has 2 heterocycles. The average molecular weight is 414 g/mol. The fourth-order valence-electron chi connectivity index (χ4n) is 2.39. The third-order valence-electron chi connectivity index (χ3n) is 3.55. The Labute approximate surface area is 143 Å². The second kappa shape index (κ2) is 10.9.